The Bertz CT molecular complexity index is 968. The largest absolute Gasteiger partial charge is 0.467 e. The average molecular weight is 399 g/mol. The lowest BCUT2D eigenvalue weighted by Crippen LogP contribution is -2.39. The Morgan fingerprint density at radius 1 is 1.29 bits per heavy atom. The molecule has 0 aliphatic carbocycles. The summed E-state index contributed by atoms with van der Waals surface area (Å²) in [6, 6.07) is 8.75. The summed E-state index contributed by atoms with van der Waals surface area (Å²) in [7, 11) is 0. The summed E-state index contributed by atoms with van der Waals surface area (Å²) < 4.78 is 7.10. The zero-order valence-electron chi connectivity index (χ0n) is 15.8. The summed E-state index contributed by atoms with van der Waals surface area (Å²) >= 11 is 1.22. The number of hydrogen-bond donors (Lipinski definition) is 2. The molecule has 2 N–H and O–H groups in total. The van der Waals surface area contributed by atoms with Crippen molar-refractivity contribution in [3.63, 3.8) is 0 Å². The SMILES string of the molecule is Cc1ccc(NC(=O)NC(=O)[C@H](C)Sc2nncn2Cc2ccco2)c(C)c1. The van der Waals surface area contributed by atoms with E-state index < -0.39 is 17.2 Å². The Balaban J connectivity index is 1.56. The quantitative estimate of drug-likeness (QED) is 0.616. The first-order valence-corrected chi connectivity index (χ1v) is 9.56. The molecule has 0 spiro atoms. The van der Waals surface area contributed by atoms with Crippen molar-refractivity contribution in [2.75, 3.05) is 5.32 Å². The van der Waals surface area contributed by atoms with E-state index in [1.807, 2.05) is 38.1 Å². The third kappa shape index (κ3) is 5.01. The number of carbonyl (C=O) groups excluding carboxylic acids is 2. The van der Waals surface area contributed by atoms with E-state index in [4.69, 9.17) is 4.42 Å². The Hall–Kier alpha value is -3.07. The van der Waals surface area contributed by atoms with E-state index in [1.165, 1.54) is 11.8 Å². The lowest BCUT2D eigenvalue weighted by Gasteiger charge is -2.13. The normalized spacial score (nSPS) is 11.8. The number of anilines is 1. The van der Waals surface area contributed by atoms with Gasteiger partial charge in [0.05, 0.1) is 18.1 Å². The highest BCUT2D eigenvalue weighted by atomic mass is 32.2. The van der Waals surface area contributed by atoms with Crippen molar-refractivity contribution in [3.05, 3.63) is 59.8 Å². The first-order valence-electron chi connectivity index (χ1n) is 8.68. The number of imide groups is 1. The highest BCUT2D eigenvalue weighted by Crippen LogP contribution is 2.22. The van der Waals surface area contributed by atoms with Crippen LogP contribution in [0.25, 0.3) is 0 Å². The molecule has 0 unspecified atom stereocenters. The zero-order chi connectivity index (χ0) is 20.1. The number of hydrogen-bond acceptors (Lipinski definition) is 6. The Morgan fingerprint density at radius 2 is 2.11 bits per heavy atom. The average Bonchev–Trinajstić information content (AvgIpc) is 3.30. The molecule has 1 aromatic carbocycles. The van der Waals surface area contributed by atoms with Crippen molar-refractivity contribution in [2.45, 2.75) is 37.7 Å². The number of nitrogens with one attached hydrogen (secondary N) is 2. The van der Waals surface area contributed by atoms with Gasteiger partial charge in [0.1, 0.15) is 12.1 Å². The Kier molecular flexibility index (Phi) is 6.15. The van der Waals surface area contributed by atoms with Crippen LogP contribution in [0.15, 0.2) is 52.5 Å². The molecule has 3 aromatic rings. The van der Waals surface area contributed by atoms with Gasteiger partial charge in [-0.1, -0.05) is 29.5 Å². The van der Waals surface area contributed by atoms with Crippen LogP contribution in [0.2, 0.25) is 0 Å². The molecule has 2 aromatic heterocycles. The third-order valence-electron chi connectivity index (χ3n) is 4.00. The number of aryl methyl sites for hydroxylation is 2. The smallest absolute Gasteiger partial charge is 0.325 e. The highest BCUT2D eigenvalue weighted by Gasteiger charge is 2.20. The molecule has 8 nitrogen and oxygen atoms in total. The van der Waals surface area contributed by atoms with Crippen LogP contribution in [0.3, 0.4) is 0 Å². The van der Waals surface area contributed by atoms with Gasteiger partial charge in [0, 0.05) is 5.69 Å². The van der Waals surface area contributed by atoms with Gasteiger partial charge in [0.25, 0.3) is 0 Å². The third-order valence-corrected chi connectivity index (χ3v) is 5.10. The molecule has 28 heavy (non-hydrogen) atoms. The van der Waals surface area contributed by atoms with E-state index >= 15 is 0 Å². The molecular formula is C19H21N5O3S. The fourth-order valence-electron chi connectivity index (χ4n) is 2.55. The van der Waals surface area contributed by atoms with E-state index in [9.17, 15) is 9.59 Å². The van der Waals surface area contributed by atoms with E-state index in [2.05, 4.69) is 20.8 Å². The second-order valence-corrected chi connectivity index (χ2v) is 7.65. The number of furan rings is 1. The monoisotopic (exact) mass is 399 g/mol. The Morgan fingerprint density at radius 3 is 2.82 bits per heavy atom. The van der Waals surface area contributed by atoms with Gasteiger partial charge in [0.15, 0.2) is 5.16 Å². The molecule has 9 heteroatoms. The van der Waals surface area contributed by atoms with Crippen molar-refractivity contribution in [2.24, 2.45) is 0 Å². The minimum atomic E-state index is -0.568. The molecule has 146 valence electrons. The number of thioether (sulfide) groups is 1. The van der Waals surface area contributed by atoms with Crippen LogP contribution in [0, 0.1) is 13.8 Å². The van der Waals surface area contributed by atoms with Gasteiger partial charge in [-0.2, -0.15) is 0 Å². The molecule has 0 saturated carbocycles. The maximum Gasteiger partial charge on any atom is 0.325 e. The lowest BCUT2D eigenvalue weighted by molar-refractivity contribution is -0.119. The number of nitrogens with zero attached hydrogens (tertiary/aromatic N) is 3. The summed E-state index contributed by atoms with van der Waals surface area (Å²) in [5.41, 5.74) is 2.69. The van der Waals surface area contributed by atoms with Crippen molar-refractivity contribution in [1.82, 2.24) is 20.1 Å². The van der Waals surface area contributed by atoms with Crippen LogP contribution < -0.4 is 10.6 Å². The van der Waals surface area contributed by atoms with Crippen molar-refractivity contribution in [3.8, 4) is 0 Å². The Labute approximate surface area is 166 Å². The molecule has 1 atom stereocenters. The molecule has 3 rings (SSSR count). The van der Waals surface area contributed by atoms with Gasteiger partial charge >= 0.3 is 6.03 Å². The minimum Gasteiger partial charge on any atom is -0.467 e. The van der Waals surface area contributed by atoms with Crippen molar-refractivity contribution >= 4 is 29.4 Å². The van der Waals surface area contributed by atoms with E-state index in [-0.39, 0.29) is 0 Å². The molecule has 3 amide bonds. The van der Waals surface area contributed by atoms with Crippen LogP contribution in [0.1, 0.15) is 23.8 Å². The molecule has 0 saturated heterocycles. The number of benzene rings is 1. The van der Waals surface area contributed by atoms with Gasteiger partial charge in [-0.3, -0.25) is 10.1 Å². The molecule has 0 radical (unpaired) electrons. The standard InChI is InChI=1S/C19H21N5O3S/c1-12-6-7-16(13(2)9-12)21-18(26)22-17(25)14(3)28-19-23-20-11-24(19)10-15-5-4-8-27-15/h4-9,11,14H,10H2,1-3H3,(H2,21,22,25,26)/t14-/m0/s1. The highest BCUT2D eigenvalue weighted by molar-refractivity contribution is 8.00. The van der Waals surface area contributed by atoms with Gasteiger partial charge in [-0.25, -0.2) is 4.79 Å². The number of carbonyl (C=O) groups is 2. The van der Waals surface area contributed by atoms with Gasteiger partial charge < -0.3 is 14.3 Å². The van der Waals surface area contributed by atoms with Crippen LogP contribution in [0.4, 0.5) is 10.5 Å². The maximum atomic E-state index is 12.4. The first-order chi connectivity index (χ1) is 13.4. The number of urea groups is 1. The number of rotatable bonds is 6. The molecule has 2 heterocycles. The topological polar surface area (TPSA) is 102 Å². The lowest BCUT2D eigenvalue weighted by atomic mass is 10.1. The molecule has 0 bridgehead atoms. The minimum absolute atomic E-state index is 0.417. The molecular weight excluding hydrogens is 378 g/mol. The van der Waals surface area contributed by atoms with Gasteiger partial charge in [-0.05, 0) is 44.5 Å². The van der Waals surface area contributed by atoms with Crippen LogP contribution in [0.5, 0.6) is 0 Å². The molecule has 0 aliphatic rings. The summed E-state index contributed by atoms with van der Waals surface area (Å²) in [5.74, 6) is 0.339. The van der Waals surface area contributed by atoms with Crippen LogP contribution in [-0.4, -0.2) is 32.0 Å². The maximum absolute atomic E-state index is 12.4. The van der Waals surface area contributed by atoms with Crippen LogP contribution in [-0.2, 0) is 11.3 Å². The van der Waals surface area contributed by atoms with E-state index in [0.29, 0.717) is 17.4 Å². The van der Waals surface area contributed by atoms with E-state index in [1.54, 1.807) is 30.1 Å². The van der Waals surface area contributed by atoms with Crippen molar-refractivity contribution in [1.29, 1.82) is 0 Å². The summed E-state index contributed by atoms with van der Waals surface area (Å²) in [5, 5.41) is 13.0. The van der Waals surface area contributed by atoms with Gasteiger partial charge in [-0.15, -0.1) is 10.2 Å². The summed E-state index contributed by atoms with van der Waals surface area (Å²) in [6.07, 6.45) is 3.17. The molecule has 0 fully saturated rings. The predicted octanol–water partition coefficient (Wildman–Crippen LogP) is 3.37. The second-order valence-electron chi connectivity index (χ2n) is 6.34. The molecule has 0 aliphatic heterocycles. The summed E-state index contributed by atoms with van der Waals surface area (Å²) in [6.45, 7) is 6.04. The number of amides is 3. The van der Waals surface area contributed by atoms with Crippen LogP contribution >= 0.6 is 11.8 Å². The fraction of sp³-hybridized carbons (Fsp3) is 0.263. The van der Waals surface area contributed by atoms with E-state index in [0.717, 1.165) is 16.9 Å². The zero-order valence-corrected chi connectivity index (χ0v) is 16.6. The van der Waals surface area contributed by atoms with Gasteiger partial charge in [0.2, 0.25) is 5.91 Å². The summed E-state index contributed by atoms with van der Waals surface area (Å²) in [4.78, 5) is 24.5. The predicted molar refractivity (Wildman–Crippen MR) is 106 cm³/mol. The first kappa shape index (κ1) is 19.7. The number of aromatic nitrogens is 3. The fourth-order valence-corrected chi connectivity index (χ4v) is 3.37. The van der Waals surface area contributed by atoms with Crippen molar-refractivity contribution < 1.29 is 14.0 Å². The second kappa shape index (κ2) is 8.75.